The second-order valence-electron chi connectivity index (χ2n) is 13.9. The predicted octanol–water partition coefficient (Wildman–Crippen LogP) is -0.850. The van der Waals surface area contributed by atoms with Gasteiger partial charge in [-0.05, 0) is 37.5 Å². The van der Waals surface area contributed by atoms with Crippen molar-refractivity contribution in [3.8, 4) is 0 Å². The number of carbonyl (C=O) groups excluding carboxylic acids is 6. The molecule has 0 aromatic heterocycles. The van der Waals surface area contributed by atoms with Gasteiger partial charge in [-0.2, -0.15) is 12.6 Å². The van der Waals surface area contributed by atoms with Crippen LogP contribution in [0.5, 0.6) is 0 Å². The molecule has 0 aromatic rings. The van der Waals surface area contributed by atoms with E-state index >= 15 is 0 Å². The maximum Gasteiger partial charge on any atom is 0.327 e. The predicted molar refractivity (Wildman–Crippen MR) is 195 cm³/mol. The van der Waals surface area contributed by atoms with E-state index in [1.807, 2.05) is 0 Å². The van der Waals surface area contributed by atoms with Gasteiger partial charge in [0.15, 0.2) is 0 Å². The summed E-state index contributed by atoms with van der Waals surface area (Å²) in [6.45, 7) is 4.41. The lowest BCUT2D eigenvalue weighted by Crippen LogP contribution is -2.60. The summed E-state index contributed by atoms with van der Waals surface area (Å²) >= 11 is 3.96. The van der Waals surface area contributed by atoms with Gasteiger partial charge < -0.3 is 52.3 Å². The summed E-state index contributed by atoms with van der Waals surface area (Å²) in [4.78, 5) is 125. The Labute approximate surface area is 323 Å². The molecule has 0 bridgehead atoms. The molecule has 1 aliphatic carbocycles. The molecule has 1 aliphatic rings. The molecule has 0 saturated heterocycles. The molecule has 0 radical (unpaired) electrons. The topological polar surface area (TPSA) is 324 Å². The Hall–Kier alpha value is -4.95. The van der Waals surface area contributed by atoms with Gasteiger partial charge >= 0.3 is 23.9 Å². The number of carbonyl (C=O) groups is 10. The lowest BCUT2D eigenvalue weighted by molar-refractivity contribution is -0.142. The molecule has 1 fully saturated rings. The summed E-state index contributed by atoms with van der Waals surface area (Å²) < 4.78 is 0. The van der Waals surface area contributed by atoms with E-state index in [0.717, 1.165) is 39.0 Å². The fourth-order valence-corrected chi connectivity index (χ4v) is 6.19. The molecule has 0 aromatic carbocycles. The Kier molecular flexibility index (Phi) is 21.4. The zero-order valence-electron chi connectivity index (χ0n) is 31.1. The minimum absolute atomic E-state index is 0.00832. The molecule has 0 heterocycles. The van der Waals surface area contributed by atoms with Crippen molar-refractivity contribution in [3.63, 3.8) is 0 Å². The van der Waals surface area contributed by atoms with Crippen LogP contribution in [0.2, 0.25) is 0 Å². The number of carboxylic acid groups (broad SMARTS) is 4. The number of rotatable bonds is 25. The third kappa shape index (κ3) is 19.3. The summed E-state index contributed by atoms with van der Waals surface area (Å²) in [6.07, 6.45) is 1.29. The molecule has 6 amide bonds. The lowest BCUT2D eigenvalue weighted by atomic mass is 9.84. The van der Waals surface area contributed by atoms with Crippen LogP contribution >= 0.6 is 12.6 Å². The highest BCUT2D eigenvalue weighted by molar-refractivity contribution is 7.80. The number of amides is 6. The zero-order chi connectivity index (χ0) is 41.8. The van der Waals surface area contributed by atoms with E-state index in [-0.39, 0.29) is 30.4 Å². The van der Waals surface area contributed by atoms with Crippen molar-refractivity contribution in [3.05, 3.63) is 0 Å². The first-order chi connectivity index (χ1) is 25.7. The van der Waals surface area contributed by atoms with Gasteiger partial charge in [0.05, 0.1) is 6.42 Å². The van der Waals surface area contributed by atoms with Gasteiger partial charge in [0, 0.05) is 25.5 Å². The quantitative estimate of drug-likeness (QED) is 0.0501. The van der Waals surface area contributed by atoms with Crippen LogP contribution in [0.1, 0.15) is 97.8 Å². The Balaban J connectivity index is 3.37. The first kappa shape index (κ1) is 48.1. The van der Waals surface area contributed by atoms with Crippen LogP contribution in [0.4, 0.5) is 0 Å². The molecule has 1 rings (SSSR count). The first-order valence-corrected chi connectivity index (χ1v) is 18.6. The maximum atomic E-state index is 13.7. The van der Waals surface area contributed by atoms with Crippen molar-refractivity contribution in [2.24, 2.45) is 11.8 Å². The standard InChI is InChI=1S/C34H54N6O14S/c1-17(2)13-22(38-29(48)20(9-11-26(42)43)37-33(52)24(15-28(46)47)35-18(3)41)31(50)36-21(10-12-27(44)45)30(49)39-23(14-19-7-5-4-6-8-19)32(51)40-25(16-55)34(53)54/h17,19-25,55H,4-16H2,1-3H3,(H,35,41)(H,36,50)(H,37,52)(H,38,48)(H,39,49)(H,40,51)(H,42,43)(H,44,45)(H,46,47)(H,53,54). The van der Waals surface area contributed by atoms with E-state index in [2.05, 4.69) is 44.5 Å². The third-order valence-corrected chi connectivity index (χ3v) is 9.06. The Morgan fingerprint density at radius 2 is 0.982 bits per heavy atom. The highest BCUT2D eigenvalue weighted by Crippen LogP contribution is 2.27. The smallest absolute Gasteiger partial charge is 0.327 e. The van der Waals surface area contributed by atoms with E-state index in [0.29, 0.717) is 0 Å². The fourth-order valence-electron chi connectivity index (χ4n) is 5.94. The zero-order valence-corrected chi connectivity index (χ0v) is 32.0. The molecule has 6 atom stereocenters. The van der Waals surface area contributed by atoms with Crippen molar-refractivity contribution in [2.45, 2.75) is 134 Å². The summed E-state index contributed by atoms with van der Waals surface area (Å²) in [5.74, 6) is -11.7. The molecule has 6 unspecified atom stereocenters. The van der Waals surface area contributed by atoms with Crippen molar-refractivity contribution < 1.29 is 68.4 Å². The third-order valence-electron chi connectivity index (χ3n) is 8.70. The molecule has 10 N–H and O–H groups in total. The van der Waals surface area contributed by atoms with Crippen molar-refractivity contribution >= 4 is 71.9 Å². The number of thiol groups is 1. The SMILES string of the molecule is CC(=O)NC(CC(=O)O)C(=O)NC(CCC(=O)O)C(=O)NC(CC(C)C)C(=O)NC(CCC(=O)O)C(=O)NC(CC1CCCCC1)C(=O)NC(CS)C(=O)O. The fraction of sp³-hybridized carbons (Fsp3) is 0.706. The molecule has 0 aliphatic heterocycles. The van der Waals surface area contributed by atoms with Crippen molar-refractivity contribution in [1.29, 1.82) is 0 Å². The molecule has 310 valence electrons. The van der Waals surface area contributed by atoms with Gasteiger partial charge in [-0.25, -0.2) is 4.79 Å². The lowest BCUT2D eigenvalue weighted by Gasteiger charge is -2.29. The average Bonchev–Trinajstić information content (AvgIpc) is 3.08. The Morgan fingerprint density at radius 1 is 0.564 bits per heavy atom. The van der Waals surface area contributed by atoms with Gasteiger partial charge in [0.25, 0.3) is 0 Å². The second kappa shape index (κ2) is 24.5. The van der Waals surface area contributed by atoms with E-state index < -0.39 is 128 Å². The van der Waals surface area contributed by atoms with E-state index in [4.69, 9.17) is 0 Å². The van der Waals surface area contributed by atoms with Gasteiger partial charge in [-0.3, -0.25) is 43.2 Å². The van der Waals surface area contributed by atoms with Gasteiger partial charge in [0.1, 0.15) is 36.3 Å². The highest BCUT2D eigenvalue weighted by Gasteiger charge is 2.35. The summed E-state index contributed by atoms with van der Waals surface area (Å²) in [7, 11) is 0. The van der Waals surface area contributed by atoms with Gasteiger partial charge in [-0.15, -0.1) is 0 Å². The van der Waals surface area contributed by atoms with Crippen LogP contribution in [0.3, 0.4) is 0 Å². The van der Waals surface area contributed by atoms with Crippen LogP contribution in [0.25, 0.3) is 0 Å². The summed E-state index contributed by atoms with van der Waals surface area (Å²) in [6, 6.07) is -8.89. The van der Waals surface area contributed by atoms with Crippen LogP contribution in [0, 0.1) is 11.8 Å². The van der Waals surface area contributed by atoms with Crippen LogP contribution in [-0.2, 0) is 47.9 Å². The number of carboxylic acids is 4. The van der Waals surface area contributed by atoms with Crippen LogP contribution in [0.15, 0.2) is 0 Å². The normalized spacial score (nSPS) is 16.2. The molecular formula is C34H54N6O14S. The largest absolute Gasteiger partial charge is 0.481 e. The molecular weight excluding hydrogens is 748 g/mol. The summed E-state index contributed by atoms with van der Waals surface area (Å²) in [5, 5.41) is 51.4. The Bertz CT molecular complexity index is 1390. The maximum absolute atomic E-state index is 13.7. The number of hydrogen-bond donors (Lipinski definition) is 11. The number of hydrogen-bond acceptors (Lipinski definition) is 11. The average molecular weight is 803 g/mol. The number of nitrogens with one attached hydrogen (secondary N) is 6. The van der Waals surface area contributed by atoms with E-state index in [9.17, 15) is 68.4 Å². The molecule has 21 heteroatoms. The monoisotopic (exact) mass is 802 g/mol. The molecule has 1 saturated carbocycles. The van der Waals surface area contributed by atoms with E-state index in [1.54, 1.807) is 13.8 Å². The Morgan fingerprint density at radius 3 is 1.40 bits per heavy atom. The molecule has 0 spiro atoms. The number of aliphatic carboxylic acids is 4. The molecule has 20 nitrogen and oxygen atoms in total. The van der Waals surface area contributed by atoms with E-state index in [1.165, 1.54) is 0 Å². The van der Waals surface area contributed by atoms with Crippen molar-refractivity contribution in [2.75, 3.05) is 5.75 Å². The van der Waals surface area contributed by atoms with Crippen molar-refractivity contribution in [1.82, 2.24) is 31.9 Å². The minimum Gasteiger partial charge on any atom is -0.481 e. The van der Waals surface area contributed by atoms with Gasteiger partial charge in [0.2, 0.25) is 35.4 Å². The van der Waals surface area contributed by atoms with Crippen LogP contribution < -0.4 is 31.9 Å². The first-order valence-electron chi connectivity index (χ1n) is 18.0. The minimum atomic E-state index is -1.63. The second-order valence-corrected chi connectivity index (χ2v) is 14.3. The van der Waals surface area contributed by atoms with Crippen LogP contribution in [-0.4, -0.2) is 122 Å². The summed E-state index contributed by atoms with van der Waals surface area (Å²) in [5.41, 5.74) is 0. The molecule has 55 heavy (non-hydrogen) atoms. The highest BCUT2D eigenvalue weighted by atomic mass is 32.1. The van der Waals surface area contributed by atoms with Gasteiger partial charge in [-0.1, -0.05) is 46.0 Å².